The Morgan fingerprint density at radius 2 is 0.706 bits per heavy atom. The summed E-state index contributed by atoms with van der Waals surface area (Å²) in [7, 11) is -5.39. The molecule has 3 saturated heterocycles. The lowest BCUT2D eigenvalue weighted by molar-refractivity contribution is -0.674. The van der Waals surface area contributed by atoms with E-state index in [1.165, 1.54) is 52.7 Å². The summed E-state index contributed by atoms with van der Waals surface area (Å²) >= 11 is 18.5. The first-order chi connectivity index (χ1) is 32.2. The Morgan fingerprint density at radius 1 is 0.471 bits per heavy atom. The third-order valence-electron chi connectivity index (χ3n) is 11.1. The van der Waals surface area contributed by atoms with Crippen LogP contribution in [0.1, 0.15) is 51.7 Å². The molecule has 6 atom stereocenters. The quantitative estimate of drug-likeness (QED) is 0.0343. The zero-order valence-electron chi connectivity index (χ0n) is 35.1. The number of nitrogens with two attached hydrogens (primary N) is 6. The molecule has 13 nitrogen and oxygen atoms in total. The molecule has 0 radical (unpaired) electrons. The second-order valence-electron chi connectivity index (χ2n) is 15.4. The van der Waals surface area contributed by atoms with E-state index >= 15 is 0 Å². The second-order valence-corrected chi connectivity index (χ2v) is 17.5. The van der Waals surface area contributed by atoms with Gasteiger partial charge in [0, 0.05) is 66.6 Å². The minimum absolute atomic E-state index is 0.288. The highest BCUT2D eigenvalue weighted by atomic mass is 35.5. The van der Waals surface area contributed by atoms with Crippen molar-refractivity contribution in [3.63, 3.8) is 0 Å². The number of benzene rings is 6. The lowest BCUT2D eigenvalue weighted by atomic mass is 9.91. The van der Waals surface area contributed by atoms with Crippen molar-refractivity contribution in [1.82, 2.24) is 0 Å². The summed E-state index contributed by atoms with van der Waals surface area (Å²) in [6.45, 7) is 0.933. The molecule has 0 amide bonds. The van der Waals surface area contributed by atoms with Crippen molar-refractivity contribution in [1.29, 1.82) is 0 Å². The van der Waals surface area contributed by atoms with Crippen LogP contribution in [0.15, 0.2) is 127 Å². The molecule has 6 aromatic carbocycles. The van der Waals surface area contributed by atoms with Crippen LogP contribution in [0.25, 0.3) is 0 Å². The Hall–Kier alpha value is -4.48. The van der Waals surface area contributed by atoms with Crippen LogP contribution in [-0.2, 0) is 35.6 Å². The number of rotatable bonds is 12. The normalized spacial score (nSPS) is 23.2. The van der Waals surface area contributed by atoms with Crippen LogP contribution in [0, 0.1) is 34.9 Å². The molecule has 0 aromatic heterocycles. The summed E-state index contributed by atoms with van der Waals surface area (Å²) < 4.78 is 107. The molecule has 0 spiro atoms. The maximum absolute atomic E-state index is 14.1. The topological polar surface area (TPSA) is 252 Å². The van der Waals surface area contributed by atoms with E-state index in [2.05, 4.69) is 0 Å². The Bertz CT molecular complexity index is 2510. The van der Waals surface area contributed by atoms with Gasteiger partial charge in [0.05, 0.1) is 0 Å². The van der Waals surface area contributed by atoms with Crippen molar-refractivity contribution in [2.45, 2.75) is 35.1 Å². The first kappa shape index (κ1) is 52.9. The van der Waals surface area contributed by atoms with Gasteiger partial charge in [-0.25, -0.2) is 26.3 Å². The number of hydrogen-bond donors (Lipinski definition) is 6. The third-order valence-corrected chi connectivity index (χ3v) is 12.1. The number of ether oxygens (including phenoxy) is 3. The molecule has 362 valence electrons. The number of hydrogen-bond acceptors (Lipinski definition) is 10. The van der Waals surface area contributed by atoms with E-state index in [9.17, 15) is 26.3 Å². The van der Waals surface area contributed by atoms with Crippen LogP contribution in [0.4, 0.5) is 26.3 Å². The molecular formula is C45H42Cl3F6N6O7P. The van der Waals surface area contributed by atoms with Gasteiger partial charge in [0.15, 0.2) is 16.8 Å². The zero-order chi connectivity index (χ0) is 49.6. The number of phosphoric acid groups is 1. The van der Waals surface area contributed by atoms with E-state index in [0.717, 1.165) is 34.9 Å². The Morgan fingerprint density at radius 3 is 0.912 bits per heavy atom. The highest BCUT2D eigenvalue weighted by Crippen LogP contribution is 2.60. The Kier molecular flexibility index (Phi) is 17.2. The standard InChI is InChI=1S/3C15H13ClF2N2O.H3O4P/c3*16-12-4-2-1-3-10(12)14-15(21-14,8-20-19)11-6-5-9(17)7-13(11)18;1-5(2,3)4/h3*1-7,14,20H,8,19H2;(H3,1,2,3,4). The lowest BCUT2D eigenvalue weighted by Gasteiger charge is -2.36. The zero-order valence-corrected chi connectivity index (χ0v) is 38.3. The number of quaternary nitrogens is 3. The molecule has 0 aliphatic carbocycles. The molecule has 12 N–H and O–H groups in total. The second kappa shape index (κ2) is 22.1. The molecule has 9 rings (SSSR count). The summed E-state index contributed by atoms with van der Waals surface area (Å²) in [5.41, 5.74) is 4.66. The van der Waals surface area contributed by atoms with Gasteiger partial charge in [0.25, 0.3) is 0 Å². The van der Waals surface area contributed by atoms with Crippen molar-refractivity contribution >= 4 is 42.6 Å². The molecule has 6 unspecified atom stereocenters. The molecule has 3 heterocycles. The van der Waals surface area contributed by atoms with Gasteiger partial charge in [-0.1, -0.05) is 89.4 Å². The largest absolute Gasteiger partial charge is 0.822 e. The molecule has 6 aromatic rings. The van der Waals surface area contributed by atoms with Gasteiger partial charge >= 0.3 is 0 Å². The average molecular weight is 1030 g/mol. The van der Waals surface area contributed by atoms with E-state index in [0.29, 0.717) is 34.7 Å². The highest BCUT2D eigenvalue weighted by Gasteiger charge is 2.64. The van der Waals surface area contributed by atoms with Gasteiger partial charge in [-0.05, 0) is 54.6 Å². The third kappa shape index (κ3) is 12.1. The van der Waals surface area contributed by atoms with Crippen LogP contribution in [0.5, 0.6) is 0 Å². The van der Waals surface area contributed by atoms with E-state index in [-0.39, 0.29) is 16.7 Å². The Balaban J connectivity index is 0.000000160. The van der Waals surface area contributed by atoms with Crippen molar-refractivity contribution in [2.24, 2.45) is 17.5 Å². The molecule has 3 aliphatic rings. The van der Waals surface area contributed by atoms with Gasteiger partial charge < -0.3 is 33.5 Å². The van der Waals surface area contributed by atoms with E-state index in [1.807, 2.05) is 54.6 Å². The highest BCUT2D eigenvalue weighted by molar-refractivity contribution is 7.40. The lowest BCUT2D eigenvalue weighted by Crippen LogP contribution is -2.93. The maximum atomic E-state index is 14.1. The SMILES string of the molecule is N[NH2+]CC1(c2ccc(F)cc2F)OC1c1ccccc1Cl.N[NH2+]CC1(c2ccc(F)cc2F)OC1c1ccccc1Cl.N[NH2+]CC1(c2ccc(F)cc2F)OC1c1ccccc1Cl.O=P([O-])([O-])[O-]. The van der Waals surface area contributed by atoms with E-state index in [1.54, 1.807) is 18.2 Å². The minimum atomic E-state index is -5.39. The minimum Gasteiger partial charge on any atom is -0.822 e. The van der Waals surface area contributed by atoms with Gasteiger partial charge in [0.1, 0.15) is 72.8 Å². The summed E-state index contributed by atoms with van der Waals surface area (Å²) in [4.78, 5) is 25.6. The van der Waals surface area contributed by atoms with Crippen LogP contribution in [-0.4, -0.2) is 19.6 Å². The van der Waals surface area contributed by atoms with Crippen molar-refractivity contribution < 1.29 is 76.1 Å². The fourth-order valence-corrected chi connectivity index (χ4v) is 8.67. The first-order valence-corrected chi connectivity index (χ1v) is 22.8. The predicted molar refractivity (Wildman–Crippen MR) is 230 cm³/mol. The fraction of sp³-hybridized carbons (Fsp3) is 0.200. The van der Waals surface area contributed by atoms with Crippen molar-refractivity contribution in [3.8, 4) is 0 Å². The number of epoxide rings is 3. The van der Waals surface area contributed by atoms with Gasteiger partial charge in [-0.15, -0.1) is 0 Å². The molecule has 23 heteroatoms. The van der Waals surface area contributed by atoms with Crippen LogP contribution < -0.4 is 48.5 Å². The van der Waals surface area contributed by atoms with Gasteiger partial charge in [0.2, 0.25) is 0 Å². The van der Waals surface area contributed by atoms with E-state index < -0.39 is 77.8 Å². The number of halogens is 9. The molecular weight excluding hydrogens is 988 g/mol. The predicted octanol–water partition coefficient (Wildman–Crippen LogP) is 3.24. The monoisotopic (exact) mass is 1030 g/mol. The first-order valence-electron chi connectivity index (χ1n) is 20.2. The van der Waals surface area contributed by atoms with E-state index in [4.69, 9.17) is 85.8 Å². The summed E-state index contributed by atoms with van der Waals surface area (Å²) in [5.74, 6) is 12.7. The van der Waals surface area contributed by atoms with Gasteiger partial charge in [-0.2, -0.15) is 25.4 Å². The summed E-state index contributed by atoms with van der Waals surface area (Å²) in [6.07, 6.45) is -1.19. The summed E-state index contributed by atoms with van der Waals surface area (Å²) in [5, 5.41) is 1.64. The van der Waals surface area contributed by atoms with Crippen LogP contribution in [0.2, 0.25) is 15.1 Å². The summed E-state index contributed by atoms with van der Waals surface area (Å²) in [6, 6.07) is 32.0. The molecule has 3 aliphatic heterocycles. The average Bonchev–Trinajstić information content (AvgIpc) is 4.22. The van der Waals surface area contributed by atoms with Gasteiger partial charge in [-0.3, -0.25) is 16.3 Å². The fourth-order valence-electron chi connectivity index (χ4n) is 7.97. The van der Waals surface area contributed by atoms with Crippen LogP contribution >= 0.6 is 42.6 Å². The molecule has 0 saturated carbocycles. The van der Waals surface area contributed by atoms with Crippen LogP contribution in [0.3, 0.4) is 0 Å². The van der Waals surface area contributed by atoms with Crippen molar-refractivity contribution in [3.05, 3.63) is 211 Å². The molecule has 0 bridgehead atoms. The maximum Gasteiger partial charge on any atom is 0.177 e. The smallest absolute Gasteiger partial charge is 0.177 e. The molecule has 68 heavy (non-hydrogen) atoms. The Labute approximate surface area is 400 Å². The molecule has 3 fully saturated rings. The van der Waals surface area contributed by atoms with Crippen molar-refractivity contribution in [2.75, 3.05) is 19.6 Å².